The quantitative estimate of drug-likeness (QED) is 0.875. The van der Waals surface area contributed by atoms with Gasteiger partial charge in [-0.3, -0.25) is 5.32 Å². The second-order valence-electron chi connectivity index (χ2n) is 7.02. The molecule has 2 amide bonds. The van der Waals surface area contributed by atoms with Crippen LogP contribution in [0.2, 0.25) is 0 Å². The average molecular weight is 320 g/mol. The lowest BCUT2D eigenvalue weighted by atomic mass is 9.85. The van der Waals surface area contributed by atoms with Crippen molar-refractivity contribution in [1.29, 1.82) is 0 Å². The standard InChI is InChI=1S/C17H28N4O2/c1-13(2)21-16(8-9-18-21)19-17(22)20(11-14-5-3-6-14)12-15-7-4-10-23-15/h8-9,13-15H,3-7,10-12H2,1-2H3,(H,19,22)/t15-/m0/s1. The van der Waals surface area contributed by atoms with Crippen molar-refractivity contribution < 1.29 is 9.53 Å². The lowest BCUT2D eigenvalue weighted by Gasteiger charge is -2.33. The van der Waals surface area contributed by atoms with Crippen LogP contribution in [-0.4, -0.2) is 46.5 Å². The molecule has 1 atom stereocenters. The molecule has 0 aromatic carbocycles. The molecule has 2 aliphatic rings. The predicted octanol–water partition coefficient (Wildman–Crippen LogP) is 3.28. The van der Waals surface area contributed by atoms with Gasteiger partial charge < -0.3 is 9.64 Å². The fourth-order valence-corrected chi connectivity index (χ4v) is 3.27. The second kappa shape index (κ2) is 7.34. The number of carbonyl (C=O) groups is 1. The maximum Gasteiger partial charge on any atom is 0.323 e. The minimum absolute atomic E-state index is 0.0326. The molecule has 1 aliphatic heterocycles. The zero-order valence-corrected chi connectivity index (χ0v) is 14.2. The minimum atomic E-state index is -0.0326. The highest BCUT2D eigenvalue weighted by Crippen LogP contribution is 2.28. The molecule has 1 aromatic rings. The van der Waals surface area contributed by atoms with Gasteiger partial charge in [0.1, 0.15) is 5.82 Å². The van der Waals surface area contributed by atoms with Gasteiger partial charge in [0.2, 0.25) is 0 Å². The lowest BCUT2D eigenvalue weighted by Crippen LogP contribution is -2.44. The van der Waals surface area contributed by atoms with Crippen LogP contribution in [0.5, 0.6) is 0 Å². The Labute approximate surface area is 138 Å². The fraction of sp³-hybridized carbons (Fsp3) is 0.765. The van der Waals surface area contributed by atoms with Crippen molar-refractivity contribution in [1.82, 2.24) is 14.7 Å². The molecule has 1 aromatic heterocycles. The van der Waals surface area contributed by atoms with Gasteiger partial charge in [-0.2, -0.15) is 5.10 Å². The molecule has 128 valence electrons. The number of aromatic nitrogens is 2. The van der Waals surface area contributed by atoms with Gasteiger partial charge in [-0.05, 0) is 45.4 Å². The number of hydrogen-bond acceptors (Lipinski definition) is 3. The van der Waals surface area contributed by atoms with Crippen LogP contribution in [0.15, 0.2) is 12.3 Å². The Morgan fingerprint density at radius 2 is 2.22 bits per heavy atom. The van der Waals surface area contributed by atoms with Crippen LogP contribution in [0.3, 0.4) is 0 Å². The maximum absolute atomic E-state index is 12.8. The molecule has 0 spiro atoms. The Kier molecular flexibility index (Phi) is 5.20. The highest BCUT2D eigenvalue weighted by atomic mass is 16.5. The number of amides is 2. The van der Waals surface area contributed by atoms with Crippen LogP contribution in [-0.2, 0) is 4.74 Å². The Balaban J connectivity index is 1.64. The Morgan fingerprint density at radius 3 is 2.83 bits per heavy atom. The zero-order chi connectivity index (χ0) is 16.2. The molecule has 3 rings (SSSR count). The molecule has 1 saturated carbocycles. The average Bonchev–Trinajstić information content (AvgIpc) is 3.12. The van der Waals surface area contributed by atoms with E-state index in [1.807, 2.05) is 15.6 Å². The van der Waals surface area contributed by atoms with E-state index >= 15 is 0 Å². The van der Waals surface area contributed by atoms with Crippen LogP contribution in [0.4, 0.5) is 10.6 Å². The van der Waals surface area contributed by atoms with E-state index in [0.29, 0.717) is 12.5 Å². The first-order chi connectivity index (χ1) is 11.1. The molecule has 0 radical (unpaired) electrons. The van der Waals surface area contributed by atoms with Gasteiger partial charge in [0.25, 0.3) is 0 Å². The van der Waals surface area contributed by atoms with Gasteiger partial charge in [0, 0.05) is 31.8 Å². The third-order valence-electron chi connectivity index (χ3n) is 4.83. The van der Waals surface area contributed by atoms with E-state index in [1.54, 1.807) is 6.20 Å². The highest BCUT2D eigenvalue weighted by molar-refractivity contribution is 5.88. The van der Waals surface area contributed by atoms with Crippen molar-refractivity contribution in [3.8, 4) is 0 Å². The number of nitrogens with one attached hydrogen (secondary N) is 1. The molecule has 1 aliphatic carbocycles. The van der Waals surface area contributed by atoms with E-state index in [-0.39, 0.29) is 18.2 Å². The third kappa shape index (κ3) is 4.05. The SMILES string of the molecule is CC(C)n1nccc1NC(=O)N(CC1CCC1)C[C@@H]1CCCO1. The van der Waals surface area contributed by atoms with Crippen molar-refractivity contribution in [2.75, 3.05) is 25.0 Å². The van der Waals surface area contributed by atoms with Crippen LogP contribution in [0.25, 0.3) is 0 Å². The van der Waals surface area contributed by atoms with Gasteiger partial charge in [-0.25, -0.2) is 9.48 Å². The Hall–Kier alpha value is -1.56. The maximum atomic E-state index is 12.8. The van der Waals surface area contributed by atoms with E-state index in [4.69, 9.17) is 4.74 Å². The number of anilines is 1. The van der Waals surface area contributed by atoms with Crippen molar-refractivity contribution >= 4 is 11.8 Å². The molecular formula is C17H28N4O2. The summed E-state index contributed by atoms with van der Waals surface area (Å²) in [5.41, 5.74) is 0. The summed E-state index contributed by atoms with van der Waals surface area (Å²) < 4.78 is 7.56. The van der Waals surface area contributed by atoms with E-state index < -0.39 is 0 Å². The summed E-state index contributed by atoms with van der Waals surface area (Å²) in [5.74, 6) is 1.41. The van der Waals surface area contributed by atoms with Crippen LogP contribution in [0, 0.1) is 5.92 Å². The highest BCUT2D eigenvalue weighted by Gasteiger charge is 2.28. The largest absolute Gasteiger partial charge is 0.376 e. The molecule has 0 bridgehead atoms. The Bertz CT molecular complexity index is 518. The van der Waals surface area contributed by atoms with Gasteiger partial charge in [0.05, 0.1) is 12.3 Å². The van der Waals surface area contributed by atoms with E-state index in [0.717, 1.165) is 31.8 Å². The molecular weight excluding hydrogens is 292 g/mol. The fourth-order valence-electron chi connectivity index (χ4n) is 3.27. The predicted molar refractivity (Wildman–Crippen MR) is 89.5 cm³/mol. The number of hydrogen-bond donors (Lipinski definition) is 1. The summed E-state index contributed by atoms with van der Waals surface area (Å²) in [5, 5.41) is 7.31. The van der Waals surface area contributed by atoms with Crippen molar-refractivity contribution in [3.63, 3.8) is 0 Å². The smallest absolute Gasteiger partial charge is 0.323 e. The van der Waals surface area contributed by atoms with Crippen LogP contribution in [0.1, 0.15) is 52.0 Å². The minimum Gasteiger partial charge on any atom is -0.376 e. The van der Waals surface area contributed by atoms with E-state index in [2.05, 4.69) is 24.3 Å². The molecule has 6 nitrogen and oxygen atoms in total. The van der Waals surface area contributed by atoms with Gasteiger partial charge in [-0.1, -0.05) is 6.42 Å². The second-order valence-corrected chi connectivity index (χ2v) is 7.02. The molecule has 1 saturated heterocycles. The van der Waals surface area contributed by atoms with Crippen LogP contribution < -0.4 is 5.32 Å². The molecule has 2 fully saturated rings. The van der Waals surface area contributed by atoms with Crippen molar-refractivity contribution in [2.45, 2.75) is 58.1 Å². The topological polar surface area (TPSA) is 59.4 Å². The molecule has 1 N–H and O–H groups in total. The van der Waals surface area contributed by atoms with Crippen molar-refractivity contribution in [2.24, 2.45) is 5.92 Å². The van der Waals surface area contributed by atoms with Gasteiger partial charge in [-0.15, -0.1) is 0 Å². The van der Waals surface area contributed by atoms with Gasteiger partial charge >= 0.3 is 6.03 Å². The van der Waals surface area contributed by atoms with Crippen molar-refractivity contribution in [3.05, 3.63) is 12.3 Å². The zero-order valence-electron chi connectivity index (χ0n) is 14.2. The lowest BCUT2D eigenvalue weighted by molar-refractivity contribution is 0.0748. The molecule has 2 heterocycles. The number of rotatable bonds is 6. The summed E-state index contributed by atoms with van der Waals surface area (Å²) in [6, 6.07) is 2.04. The van der Waals surface area contributed by atoms with Gasteiger partial charge in [0.15, 0.2) is 0 Å². The van der Waals surface area contributed by atoms with E-state index in [9.17, 15) is 4.79 Å². The summed E-state index contributed by atoms with van der Waals surface area (Å²) in [6.45, 7) is 6.46. The first-order valence-electron chi connectivity index (χ1n) is 8.84. The number of ether oxygens (including phenoxy) is 1. The first-order valence-corrected chi connectivity index (χ1v) is 8.84. The normalized spacial score (nSPS) is 21.4. The van der Waals surface area contributed by atoms with Crippen LogP contribution >= 0.6 is 0 Å². The number of carbonyl (C=O) groups excluding carboxylic acids is 1. The number of urea groups is 1. The first kappa shape index (κ1) is 16.3. The molecule has 0 unspecified atom stereocenters. The monoisotopic (exact) mass is 320 g/mol. The summed E-state index contributed by atoms with van der Waals surface area (Å²) in [4.78, 5) is 14.7. The summed E-state index contributed by atoms with van der Waals surface area (Å²) >= 11 is 0. The molecule has 6 heteroatoms. The summed E-state index contributed by atoms with van der Waals surface area (Å²) in [6.07, 6.45) is 7.84. The Morgan fingerprint density at radius 1 is 1.39 bits per heavy atom. The third-order valence-corrected chi connectivity index (χ3v) is 4.83. The number of nitrogens with zero attached hydrogens (tertiary/aromatic N) is 3. The summed E-state index contributed by atoms with van der Waals surface area (Å²) in [7, 11) is 0. The molecule has 23 heavy (non-hydrogen) atoms. The van der Waals surface area contributed by atoms with E-state index in [1.165, 1.54) is 19.3 Å².